The van der Waals surface area contributed by atoms with Gasteiger partial charge in [-0.15, -0.1) is 0 Å². The van der Waals surface area contributed by atoms with Crippen LogP contribution in [-0.2, 0) is 9.59 Å². The maximum atomic E-state index is 13.8. The Bertz CT molecular complexity index is 1280. The van der Waals surface area contributed by atoms with Crippen molar-refractivity contribution in [1.29, 1.82) is 0 Å². The van der Waals surface area contributed by atoms with Gasteiger partial charge in [0.1, 0.15) is 0 Å². The minimum absolute atomic E-state index is 0.0369. The maximum Gasteiger partial charge on any atom is 0.228 e. The zero-order valence-corrected chi connectivity index (χ0v) is 21.8. The third-order valence-electron chi connectivity index (χ3n) is 10.4. The quantitative estimate of drug-likeness (QED) is 0.527. The van der Waals surface area contributed by atoms with Gasteiger partial charge in [-0.3, -0.25) is 14.4 Å². The summed E-state index contributed by atoms with van der Waals surface area (Å²) in [7, 11) is 0. The Morgan fingerprint density at radius 2 is 1.68 bits per heavy atom. The number of para-hydroxylation sites is 1. The molecule has 0 spiro atoms. The highest BCUT2D eigenvalue weighted by Crippen LogP contribution is 2.64. The van der Waals surface area contributed by atoms with E-state index in [4.69, 9.17) is 0 Å². The molecule has 2 N–H and O–H groups in total. The topological polar surface area (TPSA) is 75.3 Å². The molecule has 5 heteroatoms. The van der Waals surface area contributed by atoms with Crippen molar-refractivity contribution in [1.82, 2.24) is 5.32 Å². The lowest BCUT2D eigenvalue weighted by Gasteiger charge is -2.58. The van der Waals surface area contributed by atoms with E-state index in [0.717, 1.165) is 44.3 Å². The Morgan fingerprint density at radius 1 is 0.919 bits per heavy atom. The lowest BCUT2D eigenvalue weighted by Crippen LogP contribution is -2.57. The molecule has 3 aliphatic carbocycles. The fourth-order valence-corrected chi connectivity index (χ4v) is 8.33. The van der Waals surface area contributed by atoms with Crippen molar-refractivity contribution < 1.29 is 14.4 Å². The maximum absolute atomic E-state index is 13.8. The smallest absolute Gasteiger partial charge is 0.228 e. The third kappa shape index (κ3) is 3.86. The highest BCUT2D eigenvalue weighted by molar-refractivity contribution is 6.14. The molecule has 6 atom stereocenters. The van der Waals surface area contributed by atoms with Crippen LogP contribution in [0.15, 0.2) is 66.4 Å². The van der Waals surface area contributed by atoms with Crippen molar-refractivity contribution in [3.63, 3.8) is 0 Å². The number of carbonyl (C=O) groups excluding carboxylic acids is 3. The van der Waals surface area contributed by atoms with Crippen molar-refractivity contribution in [3.05, 3.63) is 77.5 Å². The first-order valence-corrected chi connectivity index (χ1v) is 13.8. The van der Waals surface area contributed by atoms with Crippen LogP contribution in [0, 0.1) is 34.5 Å². The van der Waals surface area contributed by atoms with E-state index >= 15 is 0 Å². The molecule has 192 valence electrons. The van der Waals surface area contributed by atoms with Crippen LogP contribution in [0.25, 0.3) is 0 Å². The van der Waals surface area contributed by atoms with Gasteiger partial charge >= 0.3 is 0 Å². The van der Waals surface area contributed by atoms with Crippen LogP contribution in [0.4, 0.5) is 5.69 Å². The number of ketones is 2. The number of amides is 1. The summed E-state index contributed by atoms with van der Waals surface area (Å²) >= 11 is 0. The molecule has 0 aromatic heterocycles. The third-order valence-corrected chi connectivity index (χ3v) is 10.4. The van der Waals surface area contributed by atoms with Crippen LogP contribution < -0.4 is 10.6 Å². The number of piperidine rings is 1. The number of nitrogens with one attached hydrogen (secondary N) is 2. The minimum atomic E-state index is -0.0798. The van der Waals surface area contributed by atoms with E-state index in [2.05, 4.69) is 24.5 Å². The monoisotopic (exact) mass is 496 g/mol. The lowest BCUT2D eigenvalue weighted by atomic mass is 9.50. The second-order valence-corrected chi connectivity index (χ2v) is 12.1. The number of carbonyl (C=O) groups is 3. The summed E-state index contributed by atoms with van der Waals surface area (Å²) < 4.78 is 0. The molecule has 4 aliphatic rings. The first kappa shape index (κ1) is 24.1. The summed E-state index contributed by atoms with van der Waals surface area (Å²) in [4.78, 5) is 39.1. The van der Waals surface area contributed by atoms with Gasteiger partial charge in [-0.05, 0) is 67.4 Å². The number of benzene rings is 2. The molecule has 0 radical (unpaired) electrons. The number of rotatable bonds is 4. The average molecular weight is 497 g/mol. The summed E-state index contributed by atoms with van der Waals surface area (Å²) in [6.45, 7) is 5.56. The Labute approximate surface area is 219 Å². The molecule has 2 aromatic carbocycles. The summed E-state index contributed by atoms with van der Waals surface area (Å²) in [5.41, 5.74) is 2.85. The van der Waals surface area contributed by atoms with E-state index in [0.29, 0.717) is 41.0 Å². The number of fused-ring (bicyclic) bond motifs is 5. The normalized spacial score (nSPS) is 34.3. The van der Waals surface area contributed by atoms with Crippen LogP contribution in [-0.4, -0.2) is 24.0 Å². The van der Waals surface area contributed by atoms with E-state index in [-0.39, 0.29) is 34.2 Å². The number of hydrogen-bond acceptors (Lipinski definition) is 4. The van der Waals surface area contributed by atoms with Gasteiger partial charge in [-0.1, -0.05) is 56.3 Å². The molecule has 3 unspecified atom stereocenters. The van der Waals surface area contributed by atoms with Gasteiger partial charge in [0, 0.05) is 47.2 Å². The highest BCUT2D eigenvalue weighted by Gasteiger charge is 2.60. The average Bonchev–Trinajstić information content (AvgIpc) is 3.27. The second-order valence-electron chi connectivity index (χ2n) is 12.1. The molecular formula is C32H36N2O3. The van der Waals surface area contributed by atoms with E-state index in [9.17, 15) is 14.4 Å². The molecular weight excluding hydrogens is 460 g/mol. The fourth-order valence-electron chi connectivity index (χ4n) is 8.33. The second kappa shape index (κ2) is 8.97. The standard InChI is InChI=1S/C32H36N2O3/c1-31-17-15-25-23(19-33-28-18-21(35)14-16-32(25,28)2)24(31)12-13-26(31)30(37)34-27-11-7-6-10-22(27)29(36)20-8-4-3-5-9-20/h3-11,18,23-26,33H,12-17,19H2,1-2H3,(H,34,37)/t23?,24?,25?,26-,31+,32-/m1/s1. The first-order valence-electron chi connectivity index (χ1n) is 13.8. The van der Waals surface area contributed by atoms with Crippen LogP contribution in [0.2, 0.25) is 0 Å². The minimum Gasteiger partial charge on any atom is -0.387 e. The van der Waals surface area contributed by atoms with Crippen molar-refractivity contribution in [2.24, 2.45) is 34.5 Å². The predicted molar refractivity (Wildman–Crippen MR) is 144 cm³/mol. The van der Waals surface area contributed by atoms with Gasteiger partial charge < -0.3 is 10.6 Å². The molecule has 1 amide bonds. The Morgan fingerprint density at radius 3 is 2.49 bits per heavy atom. The van der Waals surface area contributed by atoms with Crippen molar-refractivity contribution in [3.8, 4) is 0 Å². The van der Waals surface area contributed by atoms with Crippen molar-refractivity contribution in [2.45, 2.75) is 52.4 Å². The molecule has 1 heterocycles. The lowest BCUT2D eigenvalue weighted by molar-refractivity contribution is -0.127. The summed E-state index contributed by atoms with van der Waals surface area (Å²) in [5, 5.41) is 6.81. The molecule has 1 aliphatic heterocycles. The molecule has 6 rings (SSSR count). The van der Waals surface area contributed by atoms with Gasteiger partial charge in [-0.25, -0.2) is 0 Å². The number of hydrogen-bond donors (Lipinski definition) is 2. The predicted octanol–water partition coefficient (Wildman–Crippen LogP) is 5.77. The largest absolute Gasteiger partial charge is 0.387 e. The number of allylic oxidation sites excluding steroid dienone is 2. The van der Waals surface area contributed by atoms with Gasteiger partial charge in [0.15, 0.2) is 11.6 Å². The van der Waals surface area contributed by atoms with Gasteiger partial charge in [-0.2, -0.15) is 0 Å². The Kier molecular flexibility index (Phi) is 5.85. The first-order chi connectivity index (χ1) is 17.8. The summed E-state index contributed by atoms with van der Waals surface area (Å²) in [6, 6.07) is 16.6. The van der Waals surface area contributed by atoms with Crippen LogP contribution in [0.1, 0.15) is 68.3 Å². The molecule has 5 nitrogen and oxygen atoms in total. The fraction of sp³-hybridized carbons (Fsp3) is 0.469. The SMILES string of the molecule is C[C@]12CCC(=O)C=C1NCC1C2CC[C@@]2(C)C1CC[C@@H]2C(=O)Nc1ccccc1C(=O)c1ccccc1. The molecule has 0 bridgehead atoms. The highest BCUT2D eigenvalue weighted by atomic mass is 16.2. The van der Waals surface area contributed by atoms with Crippen LogP contribution in [0.5, 0.6) is 0 Å². The summed E-state index contributed by atoms with van der Waals surface area (Å²) in [5.74, 6) is 1.67. The van der Waals surface area contributed by atoms with Gasteiger partial charge in [0.25, 0.3) is 0 Å². The van der Waals surface area contributed by atoms with Crippen molar-refractivity contribution >= 4 is 23.2 Å². The molecule has 3 fully saturated rings. The molecule has 37 heavy (non-hydrogen) atoms. The van der Waals surface area contributed by atoms with E-state index in [1.165, 1.54) is 0 Å². The van der Waals surface area contributed by atoms with E-state index in [1.54, 1.807) is 6.07 Å². The summed E-state index contributed by atoms with van der Waals surface area (Å²) in [6.07, 6.45) is 7.46. The molecule has 2 aromatic rings. The Balaban J connectivity index is 1.22. The van der Waals surface area contributed by atoms with Crippen molar-refractivity contribution in [2.75, 3.05) is 11.9 Å². The Hall–Kier alpha value is -3.21. The molecule has 1 saturated heterocycles. The zero-order valence-electron chi connectivity index (χ0n) is 21.8. The molecule has 2 saturated carbocycles. The van der Waals surface area contributed by atoms with E-state index in [1.807, 2.05) is 54.6 Å². The number of anilines is 1. The van der Waals surface area contributed by atoms with Crippen LogP contribution in [0.3, 0.4) is 0 Å². The zero-order chi connectivity index (χ0) is 25.8. The van der Waals surface area contributed by atoms with Gasteiger partial charge in [0.2, 0.25) is 5.91 Å². The van der Waals surface area contributed by atoms with Crippen LogP contribution >= 0.6 is 0 Å². The van der Waals surface area contributed by atoms with E-state index < -0.39 is 0 Å². The van der Waals surface area contributed by atoms with Gasteiger partial charge in [0.05, 0.1) is 5.69 Å².